The van der Waals surface area contributed by atoms with Gasteiger partial charge in [-0.25, -0.2) is 0 Å². The van der Waals surface area contributed by atoms with Crippen LogP contribution >= 0.6 is 0 Å². The molecule has 0 bridgehead atoms. The maximum absolute atomic E-state index is 12.0. The predicted molar refractivity (Wildman–Crippen MR) is 75.7 cm³/mol. The lowest BCUT2D eigenvalue weighted by Gasteiger charge is -2.30. The van der Waals surface area contributed by atoms with Crippen molar-refractivity contribution in [1.29, 1.82) is 0 Å². The number of likely N-dealkylation sites (N-methyl/N-ethyl adjacent to an activating group) is 1. The van der Waals surface area contributed by atoms with E-state index in [1.54, 1.807) is 37.1 Å². The maximum atomic E-state index is 12.0. The summed E-state index contributed by atoms with van der Waals surface area (Å²) in [6.07, 6.45) is 6.62. The Bertz CT molecular complexity index is 526. The average molecular weight is 293 g/mol. The maximum Gasteiger partial charge on any atom is 0.249 e. The molecule has 21 heavy (non-hydrogen) atoms. The Morgan fingerprint density at radius 3 is 2.76 bits per heavy atom. The van der Waals surface area contributed by atoms with Crippen molar-refractivity contribution in [3.05, 3.63) is 34.0 Å². The molecule has 114 valence electrons. The highest BCUT2D eigenvalue weighted by molar-refractivity contribution is 5.98. The lowest BCUT2D eigenvalue weighted by molar-refractivity contribution is -0.515. The molecule has 3 unspecified atom stereocenters. The van der Waals surface area contributed by atoms with E-state index in [1.165, 1.54) is 0 Å². The molecule has 3 atom stereocenters. The van der Waals surface area contributed by atoms with Crippen LogP contribution in [0, 0.1) is 16.0 Å². The number of nitrogens with one attached hydrogen (secondary N) is 1. The Morgan fingerprint density at radius 2 is 2.14 bits per heavy atom. The number of nitrogens with zero attached hydrogens (tertiary/aromatic N) is 2. The minimum absolute atomic E-state index is 0.238. The van der Waals surface area contributed by atoms with Gasteiger partial charge in [-0.05, 0) is 25.0 Å². The number of hydrogen-bond donors (Lipinski definition) is 1. The zero-order chi connectivity index (χ0) is 15.6. The third-order valence-electron chi connectivity index (χ3n) is 4.00. The molecule has 0 aromatic carbocycles. The second-order valence-electron chi connectivity index (χ2n) is 5.52. The van der Waals surface area contributed by atoms with Gasteiger partial charge in [-0.1, -0.05) is 13.0 Å². The van der Waals surface area contributed by atoms with E-state index in [9.17, 15) is 19.7 Å². The van der Waals surface area contributed by atoms with E-state index in [2.05, 4.69) is 5.32 Å². The average Bonchev–Trinajstić information content (AvgIpc) is 2.58. The quantitative estimate of drug-likeness (QED) is 0.473. The fourth-order valence-corrected chi connectivity index (χ4v) is 2.71. The summed E-state index contributed by atoms with van der Waals surface area (Å²) < 4.78 is 0. The molecular formula is C14H19N3O4. The molecule has 1 fully saturated rings. The van der Waals surface area contributed by atoms with Gasteiger partial charge in [-0.3, -0.25) is 25.0 Å². The van der Waals surface area contributed by atoms with Gasteiger partial charge in [0.1, 0.15) is 6.04 Å². The Balaban J connectivity index is 2.13. The molecule has 2 aliphatic rings. The summed E-state index contributed by atoms with van der Waals surface area (Å²) in [5.41, 5.74) is 0.773. The second kappa shape index (κ2) is 6.07. The van der Waals surface area contributed by atoms with Crippen LogP contribution in [0.4, 0.5) is 0 Å². The molecule has 1 aliphatic heterocycles. The summed E-state index contributed by atoms with van der Waals surface area (Å²) in [6, 6.07) is -1.15. The van der Waals surface area contributed by atoms with Crippen molar-refractivity contribution in [2.24, 2.45) is 5.92 Å². The van der Waals surface area contributed by atoms with Crippen molar-refractivity contribution in [2.75, 3.05) is 7.05 Å². The molecule has 1 aliphatic carbocycles. The fourth-order valence-electron chi connectivity index (χ4n) is 2.71. The van der Waals surface area contributed by atoms with E-state index in [0.717, 1.165) is 5.70 Å². The highest BCUT2D eigenvalue weighted by Crippen LogP contribution is 2.24. The van der Waals surface area contributed by atoms with Gasteiger partial charge in [0.05, 0.1) is 0 Å². The standard InChI is InChI=1S/C14H19N3O4/c1-9-8-10(6-7-11(9)17(20)21)16(2)12-4-3-5-13(18)15-14(12)19/h6-9,11-12H,3-5H2,1-2H3,(H,15,18,19). The van der Waals surface area contributed by atoms with Crippen LogP contribution in [0.5, 0.6) is 0 Å². The van der Waals surface area contributed by atoms with Crippen molar-refractivity contribution >= 4 is 11.8 Å². The lowest BCUT2D eigenvalue weighted by atomic mass is 9.95. The first kappa shape index (κ1) is 15.2. The minimum atomic E-state index is -0.730. The summed E-state index contributed by atoms with van der Waals surface area (Å²) in [7, 11) is 1.77. The summed E-state index contributed by atoms with van der Waals surface area (Å²) in [5.74, 6) is -0.790. The van der Waals surface area contributed by atoms with Gasteiger partial charge >= 0.3 is 0 Å². The minimum Gasteiger partial charge on any atom is -0.363 e. The fraction of sp³-hybridized carbons (Fsp3) is 0.571. The van der Waals surface area contributed by atoms with Crippen LogP contribution in [0.3, 0.4) is 0 Å². The second-order valence-corrected chi connectivity index (χ2v) is 5.52. The molecule has 7 heteroatoms. The van der Waals surface area contributed by atoms with Crippen LogP contribution in [0.2, 0.25) is 0 Å². The van der Waals surface area contributed by atoms with E-state index in [4.69, 9.17) is 0 Å². The number of nitro groups is 1. The monoisotopic (exact) mass is 293 g/mol. The lowest BCUT2D eigenvalue weighted by Crippen LogP contribution is -2.45. The molecular weight excluding hydrogens is 274 g/mol. The SMILES string of the molecule is CC1C=C(N(C)C2CCCC(=O)NC2=O)C=CC1[N+](=O)[O-]. The summed E-state index contributed by atoms with van der Waals surface area (Å²) >= 11 is 0. The molecule has 2 rings (SSSR count). The van der Waals surface area contributed by atoms with Crippen molar-refractivity contribution in [3.63, 3.8) is 0 Å². The Morgan fingerprint density at radius 1 is 1.43 bits per heavy atom. The summed E-state index contributed by atoms with van der Waals surface area (Å²) in [5, 5.41) is 13.3. The summed E-state index contributed by atoms with van der Waals surface area (Å²) in [6.45, 7) is 1.78. The Kier molecular flexibility index (Phi) is 4.40. The molecule has 1 saturated heterocycles. The van der Waals surface area contributed by atoms with Crippen molar-refractivity contribution in [2.45, 2.75) is 38.3 Å². The molecule has 0 aromatic heterocycles. The van der Waals surface area contributed by atoms with E-state index < -0.39 is 12.1 Å². The van der Waals surface area contributed by atoms with Gasteiger partial charge in [-0.2, -0.15) is 0 Å². The number of rotatable bonds is 3. The van der Waals surface area contributed by atoms with Crippen molar-refractivity contribution in [1.82, 2.24) is 10.2 Å². The number of imide groups is 1. The van der Waals surface area contributed by atoms with E-state index in [-0.39, 0.29) is 22.7 Å². The van der Waals surface area contributed by atoms with Gasteiger partial charge < -0.3 is 4.90 Å². The number of hydrogen-bond acceptors (Lipinski definition) is 5. The zero-order valence-corrected chi connectivity index (χ0v) is 12.1. The van der Waals surface area contributed by atoms with Gasteiger partial charge in [0.15, 0.2) is 0 Å². The molecule has 2 amide bonds. The first-order valence-electron chi connectivity index (χ1n) is 7.00. The third kappa shape index (κ3) is 3.29. The third-order valence-corrected chi connectivity index (χ3v) is 4.00. The molecule has 0 radical (unpaired) electrons. The zero-order valence-electron chi connectivity index (χ0n) is 12.1. The van der Waals surface area contributed by atoms with Crippen LogP contribution in [0.15, 0.2) is 23.9 Å². The molecule has 0 spiro atoms. The molecule has 7 nitrogen and oxygen atoms in total. The summed E-state index contributed by atoms with van der Waals surface area (Å²) in [4.78, 5) is 35.7. The first-order valence-corrected chi connectivity index (χ1v) is 7.00. The van der Waals surface area contributed by atoms with Crippen molar-refractivity contribution < 1.29 is 14.5 Å². The molecule has 1 heterocycles. The molecule has 1 N–H and O–H groups in total. The van der Waals surface area contributed by atoms with Gasteiger partial charge in [-0.15, -0.1) is 0 Å². The van der Waals surface area contributed by atoms with Crippen LogP contribution in [-0.4, -0.2) is 40.8 Å². The Labute approximate surface area is 122 Å². The van der Waals surface area contributed by atoms with E-state index in [1.807, 2.05) is 0 Å². The molecule has 0 saturated carbocycles. The van der Waals surface area contributed by atoms with Gasteiger partial charge in [0.25, 0.3) is 0 Å². The van der Waals surface area contributed by atoms with E-state index in [0.29, 0.717) is 19.3 Å². The number of amides is 2. The predicted octanol–water partition coefficient (Wildman–Crippen LogP) is 0.849. The van der Waals surface area contributed by atoms with Crippen molar-refractivity contribution in [3.8, 4) is 0 Å². The Hall–Kier alpha value is -2.18. The van der Waals surface area contributed by atoms with Crippen LogP contribution < -0.4 is 5.32 Å². The van der Waals surface area contributed by atoms with Crippen LogP contribution in [0.25, 0.3) is 0 Å². The smallest absolute Gasteiger partial charge is 0.249 e. The normalized spacial score (nSPS) is 29.4. The van der Waals surface area contributed by atoms with Gasteiger partial charge in [0.2, 0.25) is 17.9 Å². The van der Waals surface area contributed by atoms with E-state index >= 15 is 0 Å². The highest BCUT2D eigenvalue weighted by atomic mass is 16.6. The number of allylic oxidation sites excluding steroid dienone is 1. The largest absolute Gasteiger partial charge is 0.363 e. The topological polar surface area (TPSA) is 92.6 Å². The first-order chi connectivity index (χ1) is 9.90. The number of carbonyl (C=O) groups excluding carboxylic acids is 2. The van der Waals surface area contributed by atoms with Crippen LogP contribution in [-0.2, 0) is 9.59 Å². The van der Waals surface area contributed by atoms with Crippen LogP contribution in [0.1, 0.15) is 26.2 Å². The highest BCUT2D eigenvalue weighted by Gasteiger charge is 2.32. The number of carbonyl (C=O) groups is 2. The molecule has 0 aromatic rings. The van der Waals surface area contributed by atoms with Gasteiger partial charge in [0, 0.05) is 30.0 Å².